The fraction of sp³-hybridized carbons (Fsp3) is 0.188. The summed E-state index contributed by atoms with van der Waals surface area (Å²) < 4.78 is 7.00. The standard InChI is InChI=1S/C16H16N4O2/c1-12(20-9-4-8-19-20)16(21)18-11-13-5-2-7-17-15(13)14-6-3-10-22-14/h2-10,12H,11H2,1H3,(H,18,21)/t12-/m1/s1. The first kappa shape index (κ1) is 14.1. The molecule has 3 aromatic heterocycles. The Labute approximate surface area is 127 Å². The fourth-order valence-electron chi connectivity index (χ4n) is 2.18. The third kappa shape index (κ3) is 2.90. The van der Waals surface area contributed by atoms with E-state index in [2.05, 4.69) is 15.4 Å². The van der Waals surface area contributed by atoms with Gasteiger partial charge in [-0.3, -0.25) is 14.5 Å². The molecule has 0 aliphatic heterocycles. The van der Waals surface area contributed by atoms with Crippen LogP contribution < -0.4 is 5.32 Å². The molecule has 0 saturated heterocycles. The second kappa shape index (κ2) is 6.26. The zero-order chi connectivity index (χ0) is 15.4. The first-order valence-corrected chi connectivity index (χ1v) is 7.00. The maximum absolute atomic E-state index is 12.2. The van der Waals surface area contributed by atoms with Crippen LogP contribution in [0.4, 0.5) is 0 Å². The van der Waals surface area contributed by atoms with Crippen molar-refractivity contribution >= 4 is 5.91 Å². The summed E-state index contributed by atoms with van der Waals surface area (Å²) in [5.41, 5.74) is 1.64. The number of hydrogen-bond donors (Lipinski definition) is 1. The third-order valence-electron chi connectivity index (χ3n) is 3.40. The second-order valence-corrected chi connectivity index (χ2v) is 4.87. The molecule has 1 atom stereocenters. The molecule has 112 valence electrons. The van der Waals surface area contributed by atoms with Gasteiger partial charge in [0.25, 0.3) is 0 Å². The van der Waals surface area contributed by atoms with Gasteiger partial charge in [0.15, 0.2) is 5.76 Å². The molecule has 3 heterocycles. The summed E-state index contributed by atoms with van der Waals surface area (Å²) in [7, 11) is 0. The summed E-state index contributed by atoms with van der Waals surface area (Å²) in [4.78, 5) is 16.5. The Kier molecular flexibility index (Phi) is 4.00. The number of hydrogen-bond acceptors (Lipinski definition) is 4. The summed E-state index contributed by atoms with van der Waals surface area (Å²) in [6.45, 7) is 2.19. The van der Waals surface area contributed by atoms with Crippen molar-refractivity contribution in [3.8, 4) is 11.5 Å². The van der Waals surface area contributed by atoms with Crippen LogP contribution in [0.2, 0.25) is 0 Å². The first-order valence-electron chi connectivity index (χ1n) is 7.00. The third-order valence-corrected chi connectivity index (χ3v) is 3.40. The van der Waals surface area contributed by atoms with E-state index in [9.17, 15) is 4.79 Å². The molecule has 1 N–H and O–H groups in total. The molecule has 0 unspecified atom stereocenters. The largest absolute Gasteiger partial charge is 0.463 e. The highest BCUT2D eigenvalue weighted by Gasteiger charge is 2.16. The predicted octanol–water partition coefficient (Wildman–Crippen LogP) is 2.42. The Morgan fingerprint density at radius 2 is 2.23 bits per heavy atom. The van der Waals surface area contributed by atoms with Crippen molar-refractivity contribution in [1.82, 2.24) is 20.1 Å². The minimum absolute atomic E-state index is 0.0991. The van der Waals surface area contributed by atoms with Crippen LogP contribution in [-0.2, 0) is 11.3 Å². The minimum atomic E-state index is -0.362. The quantitative estimate of drug-likeness (QED) is 0.784. The normalized spacial score (nSPS) is 12.0. The maximum Gasteiger partial charge on any atom is 0.244 e. The van der Waals surface area contributed by atoms with Crippen molar-refractivity contribution < 1.29 is 9.21 Å². The van der Waals surface area contributed by atoms with Crippen LogP contribution >= 0.6 is 0 Å². The highest BCUT2D eigenvalue weighted by molar-refractivity contribution is 5.79. The summed E-state index contributed by atoms with van der Waals surface area (Å²) >= 11 is 0. The monoisotopic (exact) mass is 296 g/mol. The van der Waals surface area contributed by atoms with Crippen LogP contribution in [0, 0.1) is 0 Å². The molecule has 0 saturated carbocycles. The number of furan rings is 1. The van der Waals surface area contributed by atoms with Gasteiger partial charge in [0.1, 0.15) is 11.7 Å². The lowest BCUT2D eigenvalue weighted by molar-refractivity contribution is -0.124. The number of rotatable bonds is 5. The summed E-state index contributed by atoms with van der Waals surface area (Å²) in [6.07, 6.45) is 6.73. The number of nitrogens with zero attached hydrogens (tertiary/aromatic N) is 3. The number of aromatic nitrogens is 3. The molecule has 0 fully saturated rings. The van der Waals surface area contributed by atoms with Crippen LogP contribution in [0.15, 0.2) is 59.6 Å². The van der Waals surface area contributed by atoms with Crippen LogP contribution in [0.25, 0.3) is 11.5 Å². The highest BCUT2D eigenvalue weighted by Crippen LogP contribution is 2.21. The first-order chi connectivity index (χ1) is 10.8. The van der Waals surface area contributed by atoms with E-state index in [1.54, 1.807) is 42.5 Å². The van der Waals surface area contributed by atoms with Gasteiger partial charge in [-0.2, -0.15) is 5.10 Å². The molecule has 3 rings (SSSR count). The van der Waals surface area contributed by atoms with E-state index in [4.69, 9.17) is 4.42 Å². The average molecular weight is 296 g/mol. The van der Waals surface area contributed by atoms with Gasteiger partial charge in [-0.1, -0.05) is 6.07 Å². The number of pyridine rings is 1. The number of nitrogens with one attached hydrogen (secondary N) is 1. The number of amides is 1. The molecule has 0 aromatic carbocycles. The van der Waals surface area contributed by atoms with E-state index in [-0.39, 0.29) is 11.9 Å². The lowest BCUT2D eigenvalue weighted by Crippen LogP contribution is -2.31. The van der Waals surface area contributed by atoms with Gasteiger partial charge in [-0.25, -0.2) is 0 Å². The molecule has 0 radical (unpaired) electrons. The molecular formula is C16H16N4O2. The van der Waals surface area contributed by atoms with Crippen molar-refractivity contribution in [3.05, 3.63) is 60.7 Å². The summed E-state index contributed by atoms with van der Waals surface area (Å²) in [5.74, 6) is 0.586. The van der Waals surface area contributed by atoms with E-state index in [0.29, 0.717) is 12.3 Å². The molecule has 0 bridgehead atoms. The Morgan fingerprint density at radius 3 is 2.95 bits per heavy atom. The predicted molar refractivity (Wildman–Crippen MR) is 80.7 cm³/mol. The maximum atomic E-state index is 12.2. The summed E-state index contributed by atoms with van der Waals surface area (Å²) in [6, 6.07) is 8.85. The van der Waals surface area contributed by atoms with E-state index in [0.717, 1.165) is 11.3 Å². The Hall–Kier alpha value is -2.89. The van der Waals surface area contributed by atoms with E-state index < -0.39 is 0 Å². The van der Waals surface area contributed by atoms with E-state index in [1.165, 1.54) is 0 Å². The Bertz CT molecular complexity index is 735. The van der Waals surface area contributed by atoms with Gasteiger partial charge >= 0.3 is 0 Å². The van der Waals surface area contributed by atoms with Gasteiger partial charge in [-0.05, 0) is 31.2 Å². The Morgan fingerprint density at radius 1 is 1.32 bits per heavy atom. The van der Waals surface area contributed by atoms with Gasteiger partial charge in [0.2, 0.25) is 5.91 Å². The SMILES string of the molecule is C[C@H](C(=O)NCc1cccnc1-c1ccco1)n1cccn1. The lowest BCUT2D eigenvalue weighted by atomic mass is 10.1. The van der Waals surface area contributed by atoms with Crippen molar-refractivity contribution in [3.63, 3.8) is 0 Å². The number of carbonyl (C=O) groups excluding carboxylic acids is 1. The van der Waals surface area contributed by atoms with Gasteiger partial charge in [-0.15, -0.1) is 0 Å². The summed E-state index contributed by atoms with van der Waals surface area (Å²) in [5, 5.41) is 6.99. The molecule has 3 aromatic rings. The number of carbonyl (C=O) groups is 1. The minimum Gasteiger partial charge on any atom is -0.463 e. The van der Waals surface area contributed by atoms with Crippen molar-refractivity contribution in [1.29, 1.82) is 0 Å². The highest BCUT2D eigenvalue weighted by atomic mass is 16.3. The zero-order valence-corrected chi connectivity index (χ0v) is 12.1. The van der Waals surface area contributed by atoms with E-state index >= 15 is 0 Å². The van der Waals surface area contributed by atoms with Gasteiger partial charge in [0, 0.05) is 30.7 Å². The van der Waals surface area contributed by atoms with Gasteiger partial charge < -0.3 is 9.73 Å². The average Bonchev–Trinajstić information content (AvgIpc) is 3.25. The molecule has 1 amide bonds. The Balaban J connectivity index is 1.71. The zero-order valence-electron chi connectivity index (χ0n) is 12.1. The molecular weight excluding hydrogens is 280 g/mol. The van der Waals surface area contributed by atoms with Crippen LogP contribution in [0.1, 0.15) is 18.5 Å². The molecule has 6 nitrogen and oxygen atoms in total. The smallest absolute Gasteiger partial charge is 0.244 e. The van der Waals surface area contributed by atoms with Crippen LogP contribution in [-0.4, -0.2) is 20.7 Å². The van der Waals surface area contributed by atoms with Crippen molar-refractivity contribution in [2.24, 2.45) is 0 Å². The fourth-order valence-corrected chi connectivity index (χ4v) is 2.18. The van der Waals surface area contributed by atoms with Gasteiger partial charge in [0.05, 0.1) is 6.26 Å². The molecule has 0 spiro atoms. The molecule has 0 aliphatic rings. The lowest BCUT2D eigenvalue weighted by Gasteiger charge is -2.13. The molecule has 0 aliphatic carbocycles. The second-order valence-electron chi connectivity index (χ2n) is 4.87. The van der Waals surface area contributed by atoms with Crippen molar-refractivity contribution in [2.45, 2.75) is 19.5 Å². The molecule has 6 heteroatoms. The van der Waals surface area contributed by atoms with Crippen molar-refractivity contribution in [2.75, 3.05) is 0 Å². The van der Waals surface area contributed by atoms with Crippen LogP contribution in [0.3, 0.4) is 0 Å². The van der Waals surface area contributed by atoms with Crippen LogP contribution in [0.5, 0.6) is 0 Å². The molecule has 22 heavy (non-hydrogen) atoms. The topological polar surface area (TPSA) is 73.0 Å². The van der Waals surface area contributed by atoms with E-state index in [1.807, 2.05) is 24.3 Å².